The van der Waals surface area contributed by atoms with Crippen LogP contribution in [0.4, 0.5) is 0 Å². The van der Waals surface area contributed by atoms with Gasteiger partial charge in [-0.15, -0.1) is 11.3 Å². The zero-order chi connectivity index (χ0) is 14.0. The number of aliphatic carboxylic acids is 1. The van der Waals surface area contributed by atoms with Gasteiger partial charge in [-0.2, -0.15) is 0 Å². The molecule has 0 bridgehead atoms. The average molecular weight is 279 g/mol. The fourth-order valence-corrected chi connectivity index (χ4v) is 2.95. The highest BCUT2D eigenvalue weighted by atomic mass is 32.1. The highest BCUT2D eigenvalue weighted by molar-refractivity contribution is 7.11. The average Bonchev–Trinajstić information content (AvgIpc) is 2.94. The molecule has 1 amide bonds. The number of rotatable bonds is 3. The van der Waals surface area contributed by atoms with Crippen molar-refractivity contribution in [1.82, 2.24) is 4.90 Å². The number of nitrogens with zero attached hydrogens (tertiary/aromatic N) is 1. The van der Waals surface area contributed by atoms with Crippen LogP contribution in [0.2, 0.25) is 0 Å². The summed E-state index contributed by atoms with van der Waals surface area (Å²) < 4.78 is 0. The fraction of sp³-hybridized carbons (Fsp3) is 0.429. The van der Waals surface area contributed by atoms with Crippen LogP contribution in [0.5, 0.6) is 0 Å². The number of carbonyl (C=O) groups is 2. The van der Waals surface area contributed by atoms with Gasteiger partial charge in [-0.1, -0.05) is 0 Å². The van der Waals surface area contributed by atoms with Gasteiger partial charge in [0, 0.05) is 24.0 Å². The van der Waals surface area contributed by atoms with Crippen LogP contribution in [0.15, 0.2) is 17.5 Å². The maximum absolute atomic E-state index is 12.0. The standard InChI is InChI=1S/C14H17NO3S/c1-10-5-8-19-11(10)3-4-12(16)15-7-6-14(2,9-15)13(17)18/h3-5,8H,6-7,9H2,1-2H3,(H,17,18). The van der Waals surface area contributed by atoms with Gasteiger partial charge in [0.15, 0.2) is 0 Å². The first kappa shape index (κ1) is 13.8. The first-order valence-corrected chi connectivity index (χ1v) is 7.05. The van der Waals surface area contributed by atoms with Crippen molar-refractivity contribution in [2.24, 2.45) is 5.41 Å². The molecule has 1 N–H and O–H groups in total. The molecule has 1 aromatic heterocycles. The molecule has 1 saturated heterocycles. The Morgan fingerprint density at radius 1 is 1.53 bits per heavy atom. The van der Waals surface area contributed by atoms with Crippen LogP contribution in [-0.2, 0) is 9.59 Å². The molecule has 102 valence electrons. The van der Waals surface area contributed by atoms with Crippen LogP contribution in [0.25, 0.3) is 6.08 Å². The van der Waals surface area contributed by atoms with E-state index in [2.05, 4.69) is 0 Å². The van der Waals surface area contributed by atoms with Crippen molar-refractivity contribution in [2.75, 3.05) is 13.1 Å². The second-order valence-corrected chi connectivity index (χ2v) is 6.12. The molecule has 2 heterocycles. The number of amides is 1. The lowest BCUT2D eigenvalue weighted by atomic mass is 9.90. The van der Waals surface area contributed by atoms with Gasteiger partial charge in [-0.05, 0) is 43.4 Å². The van der Waals surface area contributed by atoms with E-state index in [9.17, 15) is 9.59 Å². The largest absolute Gasteiger partial charge is 0.481 e. The van der Waals surface area contributed by atoms with Crippen molar-refractivity contribution < 1.29 is 14.7 Å². The van der Waals surface area contributed by atoms with Crippen LogP contribution in [0, 0.1) is 12.3 Å². The number of likely N-dealkylation sites (tertiary alicyclic amines) is 1. The first-order chi connectivity index (χ1) is 8.92. The Kier molecular flexibility index (Phi) is 3.75. The molecule has 4 nitrogen and oxygen atoms in total. The van der Waals surface area contributed by atoms with Crippen molar-refractivity contribution in [3.63, 3.8) is 0 Å². The van der Waals surface area contributed by atoms with Crippen LogP contribution >= 0.6 is 11.3 Å². The van der Waals surface area contributed by atoms with E-state index in [1.807, 2.05) is 18.4 Å². The zero-order valence-electron chi connectivity index (χ0n) is 11.0. The van der Waals surface area contributed by atoms with E-state index >= 15 is 0 Å². The lowest BCUT2D eigenvalue weighted by Gasteiger charge is -2.18. The number of aryl methyl sites for hydroxylation is 1. The second kappa shape index (κ2) is 5.17. The summed E-state index contributed by atoms with van der Waals surface area (Å²) in [5.74, 6) is -0.946. The molecular formula is C14H17NO3S. The molecule has 2 rings (SSSR count). The Bertz CT molecular complexity index is 535. The lowest BCUT2D eigenvalue weighted by molar-refractivity contribution is -0.147. The summed E-state index contributed by atoms with van der Waals surface area (Å²) in [4.78, 5) is 25.8. The molecule has 1 aliphatic rings. The van der Waals surface area contributed by atoms with Crippen molar-refractivity contribution in [2.45, 2.75) is 20.3 Å². The molecule has 0 spiro atoms. The number of carboxylic acid groups (broad SMARTS) is 1. The predicted octanol–water partition coefficient (Wildman–Crippen LogP) is 2.39. The molecular weight excluding hydrogens is 262 g/mol. The quantitative estimate of drug-likeness (QED) is 0.864. The summed E-state index contributed by atoms with van der Waals surface area (Å²) >= 11 is 1.59. The summed E-state index contributed by atoms with van der Waals surface area (Å²) in [6, 6.07) is 2.01. The summed E-state index contributed by atoms with van der Waals surface area (Å²) in [5, 5.41) is 11.1. The minimum atomic E-state index is -0.833. The van der Waals surface area contributed by atoms with Crippen molar-refractivity contribution in [3.05, 3.63) is 28.0 Å². The maximum Gasteiger partial charge on any atom is 0.311 e. The highest BCUT2D eigenvalue weighted by Crippen LogP contribution is 2.30. The Labute approximate surface area is 116 Å². The summed E-state index contributed by atoms with van der Waals surface area (Å²) in [5.41, 5.74) is 0.341. The molecule has 1 aliphatic heterocycles. The first-order valence-electron chi connectivity index (χ1n) is 6.17. The van der Waals surface area contributed by atoms with E-state index < -0.39 is 11.4 Å². The second-order valence-electron chi connectivity index (χ2n) is 5.18. The van der Waals surface area contributed by atoms with Gasteiger partial charge in [0.05, 0.1) is 5.41 Å². The summed E-state index contributed by atoms with van der Waals surface area (Å²) in [6.45, 7) is 4.48. The Morgan fingerprint density at radius 3 is 2.79 bits per heavy atom. The van der Waals surface area contributed by atoms with Gasteiger partial charge < -0.3 is 10.0 Å². The summed E-state index contributed by atoms with van der Waals surface area (Å²) in [7, 11) is 0. The Morgan fingerprint density at radius 2 is 2.26 bits per heavy atom. The van der Waals surface area contributed by atoms with E-state index in [0.717, 1.165) is 10.4 Å². The molecule has 0 radical (unpaired) electrons. The van der Waals surface area contributed by atoms with Gasteiger partial charge in [0.25, 0.3) is 0 Å². The molecule has 1 fully saturated rings. The van der Waals surface area contributed by atoms with Crippen LogP contribution in [-0.4, -0.2) is 35.0 Å². The number of hydrogen-bond acceptors (Lipinski definition) is 3. The van der Waals surface area contributed by atoms with Crippen molar-refractivity contribution in [1.29, 1.82) is 0 Å². The minimum absolute atomic E-state index is 0.113. The van der Waals surface area contributed by atoms with Gasteiger partial charge >= 0.3 is 5.97 Å². The van der Waals surface area contributed by atoms with E-state index in [0.29, 0.717) is 13.0 Å². The fourth-order valence-electron chi connectivity index (χ4n) is 2.13. The summed E-state index contributed by atoms with van der Waals surface area (Å²) in [6.07, 6.45) is 3.85. The van der Waals surface area contributed by atoms with E-state index in [1.54, 1.807) is 29.2 Å². The van der Waals surface area contributed by atoms with Gasteiger partial charge in [-0.25, -0.2) is 0 Å². The molecule has 1 atom stereocenters. The van der Waals surface area contributed by atoms with Crippen LogP contribution in [0.1, 0.15) is 23.8 Å². The maximum atomic E-state index is 12.0. The molecule has 0 aromatic carbocycles. The number of thiophene rings is 1. The normalized spacial score (nSPS) is 23.2. The van der Waals surface area contributed by atoms with Crippen LogP contribution in [0.3, 0.4) is 0 Å². The predicted molar refractivity (Wildman–Crippen MR) is 75.0 cm³/mol. The minimum Gasteiger partial charge on any atom is -0.481 e. The molecule has 19 heavy (non-hydrogen) atoms. The smallest absolute Gasteiger partial charge is 0.311 e. The third kappa shape index (κ3) is 2.87. The molecule has 0 aliphatic carbocycles. The number of hydrogen-bond donors (Lipinski definition) is 1. The topological polar surface area (TPSA) is 57.6 Å². The SMILES string of the molecule is Cc1ccsc1C=CC(=O)N1CCC(C)(C(=O)O)C1. The number of carboxylic acids is 1. The molecule has 1 unspecified atom stereocenters. The van der Waals surface area contributed by atoms with E-state index in [1.165, 1.54) is 6.08 Å². The monoisotopic (exact) mass is 279 g/mol. The van der Waals surface area contributed by atoms with Gasteiger partial charge in [-0.3, -0.25) is 9.59 Å². The van der Waals surface area contributed by atoms with E-state index in [4.69, 9.17) is 5.11 Å². The Balaban J connectivity index is 2.01. The van der Waals surface area contributed by atoms with E-state index in [-0.39, 0.29) is 12.5 Å². The highest BCUT2D eigenvalue weighted by Gasteiger charge is 2.41. The third-order valence-electron chi connectivity index (χ3n) is 3.58. The van der Waals surface area contributed by atoms with Gasteiger partial charge in [0.1, 0.15) is 0 Å². The number of carbonyl (C=O) groups excluding carboxylic acids is 1. The lowest BCUT2D eigenvalue weighted by Crippen LogP contribution is -2.34. The zero-order valence-corrected chi connectivity index (χ0v) is 11.9. The molecule has 5 heteroatoms. The molecule has 1 aromatic rings. The van der Waals surface area contributed by atoms with Gasteiger partial charge in [0.2, 0.25) is 5.91 Å². The Hall–Kier alpha value is -1.62. The van der Waals surface area contributed by atoms with Crippen molar-refractivity contribution in [3.8, 4) is 0 Å². The molecule has 0 saturated carbocycles. The van der Waals surface area contributed by atoms with Crippen molar-refractivity contribution >= 4 is 29.3 Å². The third-order valence-corrected chi connectivity index (χ3v) is 4.56. The van der Waals surface area contributed by atoms with Crippen LogP contribution < -0.4 is 0 Å².